The number of rotatable bonds is 5. The lowest BCUT2D eigenvalue weighted by Gasteiger charge is -2.19. The number of aryl methyl sites for hydroxylation is 1. The summed E-state index contributed by atoms with van der Waals surface area (Å²) in [5.41, 5.74) is 3.70. The summed E-state index contributed by atoms with van der Waals surface area (Å²) in [6, 6.07) is 13.1. The largest absolute Gasteiger partial charge is 0.306 e. The Bertz CT molecular complexity index is 727. The number of fused-ring (bicyclic) bond motifs is 1. The molecule has 3 aromatic rings. The molecule has 0 aliphatic heterocycles. The Hall–Kier alpha value is -1.71. The van der Waals surface area contributed by atoms with Crippen molar-refractivity contribution in [3.05, 3.63) is 64.0 Å². The van der Waals surface area contributed by atoms with Crippen molar-refractivity contribution in [1.29, 1.82) is 0 Å². The van der Waals surface area contributed by atoms with Gasteiger partial charge in [0, 0.05) is 16.5 Å². The predicted octanol–water partition coefficient (Wildman–Crippen LogP) is 4.69. The van der Waals surface area contributed by atoms with E-state index in [4.69, 9.17) is 0 Å². The van der Waals surface area contributed by atoms with Crippen molar-refractivity contribution in [3.63, 3.8) is 0 Å². The summed E-state index contributed by atoms with van der Waals surface area (Å²) < 4.78 is 0. The smallest absolute Gasteiger partial charge is 0.0753 e. The molecule has 21 heavy (non-hydrogen) atoms. The first-order valence-electron chi connectivity index (χ1n) is 7.41. The van der Waals surface area contributed by atoms with Gasteiger partial charge in [-0.1, -0.05) is 31.2 Å². The Balaban J connectivity index is 2.09. The van der Waals surface area contributed by atoms with Crippen LogP contribution in [-0.2, 0) is 0 Å². The molecule has 0 radical (unpaired) electrons. The molecule has 3 rings (SSSR count). The zero-order valence-corrected chi connectivity index (χ0v) is 13.3. The lowest BCUT2D eigenvalue weighted by Crippen LogP contribution is -2.23. The minimum Gasteiger partial charge on any atom is -0.306 e. The van der Waals surface area contributed by atoms with Crippen LogP contribution >= 0.6 is 11.3 Å². The van der Waals surface area contributed by atoms with E-state index in [1.165, 1.54) is 21.4 Å². The van der Waals surface area contributed by atoms with Gasteiger partial charge in [0.2, 0.25) is 0 Å². The number of nitrogens with zero attached hydrogens (tertiary/aromatic N) is 1. The zero-order chi connectivity index (χ0) is 14.7. The van der Waals surface area contributed by atoms with Crippen LogP contribution in [0.25, 0.3) is 10.9 Å². The molecule has 2 aromatic heterocycles. The van der Waals surface area contributed by atoms with Crippen LogP contribution in [0.3, 0.4) is 0 Å². The van der Waals surface area contributed by atoms with Gasteiger partial charge in [-0.25, -0.2) is 0 Å². The highest BCUT2D eigenvalue weighted by atomic mass is 32.1. The second-order valence-corrected chi connectivity index (χ2v) is 6.42. The molecule has 0 spiro atoms. The van der Waals surface area contributed by atoms with E-state index in [1.807, 2.05) is 12.3 Å². The van der Waals surface area contributed by atoms with E-state index in [9.17, 15) is 0 Å². The van der Waals surface area contributed by atoms with Gasteiger partial charge in [-0.2, -0.15) is 0 Å². The lowest BCUT2D eigenvalue weighted by atomic mass is 9.98. The number of pyridine rings is 1. The Labute approximate surface area is 129 Å². The van der Waals surface area contributed by atoms with Gasteiger partial charge in [0.15, 0.2) is 0 Å². The van der Waals surface area contributed by atoms with Gasteiger partial charge in [-0.15, -0.1) is 11.3 Å². The molecule has 0 aliphatic carbocycles. The normalized spacial score (nSPS) is 12.7. The molecule has 0 bridgehead atoms. The third-order valence-corrected chi connectivity index (χ3v) is 4.54. The van der Waals surface area contributed by atoms with Crippen LogP contribution in [0.15, 0.2) is 48.0 Å². The maximum absolute atomic E-state index is 4.61. The quantitative estimate of drug-likeness (QED) is 0.738. The average Bonchev–Trinajstić information content (AvgIpc) is 2.94. The van der Waals surface area contributed by atoms with E-state index in [-0.39, 0.29) is 6.04 Å². The van der Waals surface area contributed by atoms with Crippen LogP contribution in [0.5, 0.6) is 0 Å². The van der Waals surface area contributed by atoms with Crippen molar-refractivity contribution < 1.29 is 0 Å². The number of hydrogen-bond donors (Lipinski definition) is 1. The zero-order valence-electron chi connectivity index (χ0n) is 12.5. The Kier molecular flexibility index (Phi) is 4.32. The number of aromatic nitrogens is 1. The van der Waals surface area contributed by atoms with Crippen LogP contribution in [0.2, 0.25) is 0 Å². The van der Waals surface area contributed by atoms with Crippen LogP contribution in [0.4, 0.5) is 0 Å². The van der Waals surface area contributed by atoms with Gasteiger partial charge in [-0.05, 0) is 48.5 Å². The SMILES string of the molecule is CCCNC(c1csc(C)c1)c1cccc2cccnc12. The van der Waals surface area contributed by atoms with E-state index in [2.05, 4.69) is 59.9 Å². The number of thiophene rings is 1. The van der Waals surface area contributed by atoms with Crippen molar-refractivity contribution in [1.82, 2.24) is 10.3 Å². The van der Waals surface area contributed by atoms with Gasteiger partial charge in [0.1, 0.15) is 0 Å². The van der Waals surface area contributed by atoms with E-state index in [0.717, 1.165) is 18.5 Å². The van der Waals surface area contributed by atoms with Gasteiger partial charge < -0.3 is 5.32 Å². The number of nitrogens with one attached hydrogen (secondary N) is 1. The summed E-state index contributed by atoms with van der Waals surface area (Å²) in [6.07, 6.45) is 3.00. The fourth-order valence-corrected chi connectivity index (χ4v) is 3.40. The first-order chi connectivity index (χ1) is 10.3. The summed E-state index contributed by atoms with van der Waals surface area (Å²) in [6.45, 7) is 5.36. The molecule has 108 valence electrons. The minimum atomic E-state index is 0.216. The fourth-order valence-electron chi connectivity index (χ4n) is 2.67. The van der Waals surface area contributed by atoms with Gasteiger partial charge in [-0.3, -0.25) is 4.98 Å². The molecule has 0 amide bonds. The molecule has 1 unspecified atom stereocenters. The van der Waals surface area contributed by atoms with Crippen molar-refractivity contribution >= 4 is 22.2 Å². The molecule has 0 saturated heterocycles. The first-order valence-corrected chi connectivity index (χ1v) is 8.29. The van der Waals surface area contributed by atoms with Crippen molar-refractivity contribution in [2.24, 2.45) is 0 Å². The standard InChI is InChI=1S/C18H20N2S/c1-3-9-19-18(15-11-13(2)21-12-15)16-8-4-6-14-7-5-10-20-17(14)16/h4-8,10-12,18-19H,3,9H2,1-2H3. The summed E-state index contributed by atoms with van der Waals surface area (Å²) in [5, 5.41) is 7.13. The molecule has 0 fully saturated rings. The number of para-hydroxylation sites is 1. The Morgan fingerprint density at radius 3 is 2.86 bits per heavy atom. The average molecular weight is 296 g/mol. The summed E-state index contributed by atoms with van der Waals surface area (Å²) >= 11 is 1.81. The molecular weight excluding hydrogens is 276 g/mol. The Morgan fingerprint density at radius 1 is 1.24 bits per heavy atom. The highest BCUT2D eigenvalue weighted by Gasteiger charge is 2.17. The third-order valence-electron chi connectivity index (χ3n) is 3.66. The van der Waals surface area contributed by atoms with E-state index >= 15 is 0 Å². The summed E-state index contributed by atoms with van der Waals surface area (Å²) in [7, 11) is 0. The van der Waals surface area contributed by atoms with Crippen molar-refractivity contribution in [2.75, 3.05) is 6.54 Å². The maximum atomic E-state index is 4.61. The summed E-state index contributed by atoms with van der Waals surface area (Å²) in [4.78, 5) is 5.95. The highest BCUT2D eigenvalue weighted by Crippen LogP contribution is 2.30. The van der Waals surface area contributed by atoms with E-state index in [1.54, 1.807) is 11.3 Å². The van der Waals surface area contributed by atoms with Gasteiger partial charge >= 0.3 is 0 Å². The second-order valence-electron chi connectivity index (χ2n) is 5.30. The molecule has 1 aromatic carbocycles. The predicted molar refractivity (Wildman–Crippen MR) is 90.9 cm³/mol. The topological polar surface area (TPSA) is 24.9 Å². The lowest BCUT2D eigenvalue weighted by molar-refractivity contribution is 0.602. The molecule has 0 saturated carbocycles. The number of hydrogen-bond acceptors (Lipinski definition) is 3. The second kappa shape index (κ2) is 6.37. The highest BCUT2D eigenvalue weighted by molar-refractivity contribution is 7.10. The molecular formula is C18H20N2S. The summed E-state index contributed by atoms with van der Waals surface area (Å²) in [5.74, 6) is 0. The molecule has 0 aliphatic rings. The first kappa shape index (κ1) is 14.2. The Morgan fingerprint density at radius 2 is 2.10 bits per heavy atom. The molecule has 2 heterocycles. The molecule has 2 nitrogen and oxygen atoms in total. The monoisotopic (exact) mass is 296 g/mol. The fraction of sp³-hybridized carbons (Fsp3) is 0.278. The molecule has 1 N–H and O–H groups in total. The van der Waals surface area contributed by atoms with E-state index in [0.29, 0.717) is 0 Å². The third kappa shape index (κ3) is 2.99. The van der Waals surface area contributed by atoms with Crippen LogP contribution in [0.1, 0.15) is 35.4 Å². The van der Waals surface area contributed by atoms with Gasteiger partial charge in [0.25, 0.3) is 0 Å². The number of benzene rings is 1. The maximum Gasteiger partial charge on any atom is 0.0753 e. The van der Waals surface area contributed by atoms with Crippen molar-refractivity contribution in [3.8, 4) is 0 Å². The molecule has 3 heteroatoms. The minimum absolute atomic E-state index is 0.216. The van der Waals surface area contributed by atoms with Crippen molar-refractivity contribution in [2.45, 2.75) is 26.3 Å². The van der Waals surface area contributed by atoms with Crippen LogP contribution in [0, 0.1) is 6.92 Å². The van der Waals surface area contributed by atoms with Gasteiger partial charge in [0.05, 0.1) is 11.6 Å². The van der Waals surface area contributed by atoms with E-state index < -0.39 is 0 Å². The van der Waals surface area contributed by atoms with Crippen LogP contribution < -0.4 is 5.32 Å². The van der Waals surface area contributed by atoms with Crippen LogP contribution in [-0.4, -0.2) is 11.5 Å². The molecule has 1 atom stereocenters.